The van der Waals surface area contributed by atoms with Gasteiger partial charge in [0, 0.05) is 11.6 Å². The quantitative estimate of drug-likeness (QED) is 0.0850. The Morgan fingerprint density at radius 1 is 0.795 bits per heavy atom. The molecule has 9 heteroatoms. The first kappa shape index (κ1) is 30.0. The molecule has 0 heterocycles. The lowest BCUT2D eigenvalue weighted by Gasteiger charge is -2.32. The van der Waals surface area contributed by atoms with E-state index in [1.807, 2.05) is 78.9 Å². The summed E-state index contributed by atoms with van der Waals surface area (Å²) in [6.45, 7) is 0.174. The summed E-state index contributed by atoms with van der Waals surface area (Å²) in [6, 6.07) is 30.8. The number of esters is 2. The molecule has 4 aromatic rings. The minimum Gasteiger partial charge on any atom is -0.482 e. The highest BCUT2D eigenvalue weighted by Crippen LogP contribution is 2.28. The number of ether oxygens (including phenoxy) is 3. The van der Waals surface area contributed by atoms with Gasteiger partial charge in [-0.25, -0.2) is 9.59 Å². The van der Waals surface area contributed by atoms with Gasteiger partial charge in [0.05, 0.1) is 5.56 Å². The van der Waals surface area contributed by atoms with Gasteiger partial charge in [0.2, 0.25) is 0 Å². The van der Waals surface area contributed by atoms with Crippen LogP contribution in [0.2, 0.25) is 0 Å². The van der Waals surface area contributed by atoms with Crippen molar-refractivity contribution in [2.24, 2.45) is 10.9 Å². The van der Waals surface area contributed by atoms with Crippen molar-refractivity contribution in [2.75, 3.05) is 6.61 Å². The highest BCUT2D eigenvalue weighted by molar-refractivity contribution is 6.01. The molecule has 0 spiro atoms. The van der Waals surface area contributed by atoms with E-state index < -0.39 is 11.9 Å². The van der Waals surface area contributed by atoms with Gasteiger partial charge in [-0.3, -0.25) is 9.69 Å². The van der Waals surface area contributed by atoms with Crippen LogP contribution in [0.3, 0.4) is 0 Å². The minimum atomic E-state index is -0.468. The fourth-order valence-electron chi connectivity index (χ4n) is 5.05. The largest absolute Gasteiger partial charge is 0.482 e. The van der Waals surface area contributed by atoms with Crippen molar-refractivity contribution in [3.8, 4) is 5.75 Å². The maximum absolute atomic E-state index is 13.5. The van der Waals surface area contributed by atoms with E-state index in [0.29, 0.717) is 36.1 Å². The summed E-state index contributed by atoms with van der Waals surface area (Å²) in [7, 11) is 0. The van der Waals surface area contributed by atoms with E-state index in [2.05, 4.69) is 5.10 Å². The summed E-state index contributed by atoms with van der Waals surface area (Å²) in [5.41, 5.74) is 4.71. The van der Waals surface area contributed by atoms with E-state index in [1.165, 1.54) is 6.34 Å². The van der Waals surface area contributed by atoms with Crippen LogP contribution in [0.25, 0.3) is 0 Å². The van der Waals surface area contributed by atoms with Gasteiger partial charge in [-0.1, -0.05) is 66.7 Å². The molecule has 0 aromatic heterocycles. The highest BCUT2D eigenvalue weighted by Gasteiger charge is 2.28. The standard InChI is InChI=1S/C35H33N3O6/c36-37-24-38(34(40)27-11-13-28(14-12-27)35(41)44-22-26-9-5-2-6-10-26)31-17-15-30-20-32(18-16-29(30)19-31)42-23-33(39)43-21-25-7-3-1-4-8-25/h1-14,16,18,20,24,31H,15,17,19,21-23,36H2. The maximum atomic E-state index is 13.5. The lowest BCUT2D eigenvalue weighted by molar-refractivity contribution is -0.147. The molecule has 1 aliphatic carbocycles. The van der Waals surface area contributed by atoms with Gasteiger partial charge >= 0.3 is 11.9 Å². The molecule has 0 radical (unpaired) electrons. The highest BCUT2D eigenvalue weighted by atomic mass is 16.6. The van der Waals surface area contributed by atoms with E-state index in [0.717, 1.165) is 22.3 Å². The molecule has 0 bridgehead atoms. The summed E-state index contributed by atoms with van der Waals surface area (Å²) >= 11 is 0. The van der Waals surface area contributed by atoms with Crippen LogP contribution in [0.15, 0.2) is 108 Å². The van der Waals surface area contributed by atoms with Crippen LogP contribution in [-0.4, -0.2) is 41.7 Å². The molecule has 224 valence electrons. The monoisotopic (exact) mass is 591 g/mol. The molecule has 1 amide bonds. The third kappa shape index (κ3) is 7.89. The number of benzene rings is 4. The molecule has 0 saturated heterocycles. The van der Waals surface area contributed by atoms with Crippen molar-refractivity contribution in [2.45, 2.75) is 38.5 Å². The van der Waals surface area contributed by atoms with Gasteiger partial charge < -0.3 is 20.1 Å². The Morgan fingerprint density at radius 2 is 1.43 bits per heavy atom. The molecule has 4 aromatic carbocycles. The Kier molecular flexibility index (Phi) is 9.99. The fourth-order valence-corrected chi connectivity index (χ4v) is 5.05. The predicted molar refractivity (Wildman–Crippen MR) is 165 cm³/mol. The van der Waals surface area contributed by atoms with E-state index in [-0.39, 0.29) is 31.8 Å². The zero-order valence-corrected chi connectivity index (χ0v) is 24.1. The first-order chi connectivity index (χ1) is 21.5. The van der Waals surface area contributed by atoms with Crippen molar-refractivity contribution in [3.05, 3.63) is 137 Å². The Morgan fingerprint density at radius 3 is 2.09 bits per heavy atom. The van der Waals surface area contributed by atoms with Crippen molar-refractivity contribution in [1.82, 2.24) is 4.90 Å². The Bertz CT molecular complexity index is 1610. The van der Waals surface area contributed by atoms with Crippen LogP contribution in [0, 0.1) is 0 Å². The molecular formula is C35H33N3O6. The molecule has 0 fully saturated rings. The number of rotatable bonds is 11. The van der Waals surface area contributed by atoms with Crippen molar-refractivity contribution >= 4 is 24.2 Å². The summed E-state index contributed by atoms with van der Waals surface area (Å²) in [4.78, 5) is 39.7. The number of carbonyl (C=O) groups is 3. The van der Waals surface area contributed by atoms with Crippen LogP contribution >= 0.6 is 0 Å². The summed E-state index contributed by atoms with van der Waals surface area (Å²) < 4.78 is 16.4. The maximum Gasteiger partial charge on any atom is 0.344 e. The number of amides is 1. The molecule has 9 nitrogen and oxygen atoms in total. The Hall–Kier alpha value is -5.44. The average Bonchev–Trinajstić information content (AvgIpc) is 3.08. The van der Waals surface area contributed by atoms with Crippen molar-refractivity contribution in [1.29, 1.82) is 0 Å². The Balaban J connectivity index is 1.16. The van der Waals surface area contributed by atoms with Gasteiger partial charge in [-0.05, 0) is 77.9 Å². The molecule has 0 aliphatic heterocycles. The SMILES string of the molecule is NN=CN(C(=O)c1ccc(C(=O)OCc2ccccc2)cc1)C1CCc2cc(OCC(=O)OCc3ccccc3)ccc2C1. The number of hydrogen-bond acceptors (Lipinski definition) is 8. The van der Waals surface area contributed by atoms with Gasteiger partial charge in [-0.15, -0.1) is 0 Å². The third-order valence-electron chi connectivity index (χ3n) is 7.38. The molecule has 1 atom stereocenters. The second-order valence-electron chi connectivity index (χ2n) is 10.4. The van der Waals surface area contributed by atoms with Crippen LogP contribution in [0.4, 0.5) is 0 Å². The number of hydrazone groups is 1. The van der Waals surface area contributed by atoms with E-state index in [4.69, 9.17) is 20.1 Å². The first-order valence-electron chi connectivity index (χ1n) is 14.3. The molecule has 0 saturated carbocycles. The fraction of sp³-hybridized carbons (Fsp3) is 0.200. The molecule has 2 N–H and O–H groups in total. The summed E-state index contributed by atoms with van der Waals surface area (Å²) in [5.74, 6) is 4.88. The van der Waals surface area contributed by atoms with Crippen LogP contribution in [0.1, 0.15) is 49.4 Å². The van der Waals surface area contributed by atoms with Crippen molar-refractivity contribution in [3.63, 3.8) is 0 Å². The number of fused-ring (bicyclic) bond motifs is 1. The van der Waals surface area contributed by atoms with Crippen LogP contribution in [0.5, 0.6) is 5.75 Å². The number of nitrogens with zero attached hydrogens (tertiary/aromatic N) is 2. The topological polar surface area (TPSA) is 121 Å². The minimum absolute atomic E-state index is 0.166. The number of nitrogens with two attached hydrogens (primary N) is 1. The Labute approximate surface area is 255 Å². The van der Waals surface area contributed by atoms with Gasteiger partial charge in [0.1, 0.15) is 25.3 Å². The van der Waals surface area contributed by atoms with E-state index >= 15 is 0 Å². The normalized spacial score (nSPS) is 14.0. The number of hydrogen-bond donors (Lipinski definition) is 1. The molecular weight excluding hydrogens is 558 g/mol. The lowest BCUT2D eigenvalue weighted by Crippen LogP contribution is -2.42. The lowest BCUT2D eigenvalue weighted by atomic mass is 9.87. The van der Waals surface area contributed by atoms with Crippen molar-refractivity contribution < 1.29 is 28.6 Å². The first-order valence-corrected chi connectivity index (χ1v) is 14.3. The third-order valence-corrected chi connectivity index (χ3v) is 7.38. The average molecular weight is 592 g/mol. The molecule has 1 unspecified atom stereocenters. The van der Waals surface area contributed by atoms with Crippen LogP contribution < -0.4 is 10.6 Å². The molecule has 5 rings (SSSR count). The molecule has 1 aliphatic rings. The van der Waals surface area contributed by atoms with Gasteiger partial charge in [-0.2, -0.15) is 5.10 Å². The summed E-state index contributed by atoms with van der Waals surface area (Å²) in [6.07, 6.45) is 3.32. The van der Waals surface area contributed by atoms with E-state index in [1.54, 1.807) is 29.2 Å². The smallest absolute Gasteiger partial charge is 0.344 e. The zero-order chi connectivity index (χ0) is 30.7. The summed E-state index contributed by atoms with van der Waals surface area (Å²) in [5, 5.41) is 3.64. The zero-order valence-electron chi connectivity index (χ0n) is 24.1. The number of carbonyl (C=O) groups excluding carboxylic acids is 3. The van der Waals surface area contributed by atoms with Crippen LogP contribution in [-0.2, 0) is 40.3 Å². The van der Waals surface area contributed by atoms with Gasteiger partial charge in [0.25, 0.3) is 5.91 Å². The van der Waals surface area contributed by atoms with Gasteiger partial charge in [0.15, 0.2) is 6.61 Å². The predicted octanol–water partition coefficient (Wildman–Crippen LogP) is 5.07. The molecule has 44 heavy (non-hydrogen) atoms. The second-order valence-corrected chi connectivity index (χ2v) is 10.4. The van der Waals surface area contributed by atoms with E-state index in [9.17, 15) is 14.4 Å². The second kappa shape index (κ2) is 14.6. The number of aryl methyl sites for hydroxylation is 1.